The first-order chi connectivity index (χ1) is 13.6. The number of benzene rings is 2. The van der Waals surface area contributed by atoms with Gasteiger partial charge in [-0.1, -0.05) is 54.6 Å². The SMILES string of the molecule is CCOCCOC(=O)C1=C(C)NC(=S)NC1c1ccc(-c2ccccc2)cc1. The van der Waals surface area contributed by atoms with Gasteiger partial charge in [0.15, 0.2) is 5.11 Å². The molecular weight excluding hydrogens is 372 g/mol. The number of esters is 1. The van der Waals surface area contributed by atoms with Gasteiger partial charge in [-0.15, -0.1) is 0 Å². The summed E-state index contributed by atoms with van der Waals surface area (Å²) >= 11 is 5.30. The van der Waals surface area contributed by atoms with Crippen molar-refractivity contribution in [2.75, 3.05) is 19.8 Å². The fourth-order valence-corrected chi connectivity index (χ4v) is 3.40. The van der Waals surface area contributed by atoms with Crippen LogP contribution >= 0.6 is 12.2 Å². The van der Waals surface area contributed by atoms with E-state index in [0.29, 0.717) is 29.6 Å². The van der Waals surface area contributed by atoms with E-state index in [-0.39, 0.29) is 18.6 Å². The lowest BCUT2D eigenvalue weighted by atomic mass is 9.94. The van der Waals surface area contributed by atoms with Crippen LogP contribution in [0.4, 0.5) is 0 Å². The molecule has 1 atom stereocenters. The zero-order valence-corrected chi connectivity index (χ0v) is 16.8. The van der Waals surface area contributed by atoms with Crippen LogP contribution < -0.4 is 10.6 Å². The third kappa shape index (κ3) is 4.77. The summed E-state index contributed by atoms with van der Waals surface area (Å²) in [5.41, 5.74) is 4.42. The molecule has 1 heterocycles. The lowest BCUT2D eigenvalue weighted by molar-refractivity contribution is -0.141. The smallest absolute Gasteiger partial charge is 0.338 e. The molecular formula is C22H24N2O3S. The van der Waals surface area contributed by atoms with Gasteiger partial charge >= 0.3 is 5.97 Å². The molecule has 0 radical (unpaired) electrons. The van der Waals surface area contributed by atoms with E-state index in [2.05, 4.69) is 22.8 Å². The van der Waals surface area contributed by atoms with Gasteiger partial charge in [0.1, 0.15) is 6.61 Å². The van der Waals surface area contributed by atoms with Crippen molar-refractivity contribution >= 4 is 23.3 Å². The highest BCUT2D eigenvalue weighted by atomic mass is 32.1. The van der Waals surface area contributed by atoms with Crippen LogP contribution in [0.2, 0.25) is 0 Å². The van der Waals surface area contributed by atoms with E-state index in [9.17, 15) is 4.79 Å². The van der Waals surface area contributed by atoms with E-state index in [1.54, 1.807) is 0 Å². The number of thiocarbonyl (C=S) groups is 1. The van der Waals surface area contributed by atoms with Crippen LogP contribution in [0.3, 0.4) is 0 Å². The first kappa shape index (κ1) is 20.0. The van der Waals surface area contributed by atoms with Gasteiger partial charge in [-0.3, -0.25) is 0 Å². The number of carbonyl (C=O) groups is 1. The van der Waals surface area contributed by atoms with E-state index in [1.807, 2.05) is 56.3 Å². The highest BCUT2D eigenvalue weighted by molar-refractivity contribution is 7.80. The first-order valence-electron chi connectivity index (χ1n) is 9.28. The molecule has 0 aliphatic carbocycles. The van der Waals surface area contributed by atoms with E-state index >= 15 is 0 Å². The summed E-state index contributed by atoms with van der Waals surface area (Å²) in [6, 6.07) is 17.9. The Morgan fingerprint density at radius 2 is 1.71 bits per heavy atom. The van der Waals surface area contributed by atoms with Crippen molar-refractivity contribution in [3.63, 3.8) is 0 Å². The molecule has 2 aromatic rings. The Morgan fingerprint density at radius 3 is 2.39 bits per heavy atom. The van der Waals surface area contributed by atoms with E-state index < -0.39 is 0 Å². The van der Waals surface area contributed by atoms with Gasteiger partial charge < -0.3 is 20.1 Å². The van der Waals surface area contributed by atoms with Crippen molar-refractivity contribution in [1.29, 1.82) is 0 Å². The maximum Gasteiger partial charge on any atom is 0.338 e. The fourth-order valence-electron chi connectivity index (χ4n) is 3.13. The van der Waals surface area contributed by atoms with Crippen LogP contribution in [0, 0.1) is 0 Å². The summed E-state index contributed by atoms with van der Waals surface area (Å²) < 4.78 is 10.6. The number of allylic oxidation sites excluding steroid dienone is 1. The predicted molar refractivity (Wildman–Crippen MR) is 114 cm³/mol. The summed E-state index contributed by atoms with van der Waals surface area (Å²) in [6.07, 6.45) is 0. The molecule has 2 N–H and O–H groups in total. The summed E-state index contributed by atoms with van der Waals surface area (Å²) in [7, 11) is 0. The molecule has 0 spiro atoms. The Balaban J connectivity index is 1.82. The highest BCUT2D eigenvalue weighted by Gasteiger charge is 2.30. The molecule has 0 fully saturated rings. The summed E-state index contributed by atoms with van der Waals surface area (Å²) in [6.45, 7) is 4.92. The average Bonchev–Trinajstić information content (AvgIpc) is 2.71. The normalized spacial score (nSPS) is 16.4. The molecule has 0 saturated carbocycles. The molecule has 3 rings (SSSR count). The third-order valence-corrected chi connectivity index (χ3v) is 4.73. The molecule has 1 aliphatic rings. The molecule has 6 heteroatoms. The number of ether oxygens (including phenoxy) is 2. The zero-order valence-electron chi connectivity index (χ0n) is 16.0. The molecule has 0 aromatic heterocycles. The molecule has 1 aliphatic heterocycles. The second-order valence-corrected chi connectivity index (χ2v) is 6.80. The van der Waals surface area contributed by atoms with Crippen LogP contribution in [0.5, 0.6) is 0 Å². The average molecular weight is 397 g/mol. The van der Waals surface area contributed by atoms with Crippen molar-refractivity contribution in [3.8, 4) is 11.1 Å². The Labute approximate surface area is 170 Å². The number of rotatable bonds is 7. The fraction of sp³-hybridized carbons (Fsp3) is 0.273. The molecule has 146 valence electrons. The maximum absolute atomic E-state index is 12.7. The standard InChI is InChI=1S/C22H24N2O3S/c1-3-26-13-14-27-21(25)19-15(2)23-22(28)24-20(19)18-11-9-17(10-12-18)16-7-5-4-6-8-16/h4-12,20H,3,13-14H2,1-2H3,(H2,23,24,28). The maximum atomic E-state index is 12.7. The molecule has 2 aromatic carbocycles. The molecule has 28 heavy (non-hydrogen) atoms. The van der Waals surface area contributed by atoms with Crippen molar-refractivity contribution in [2.24, 2.45) is 0 Å². The summed E-state index contributed by atoms with van der Waals surface area (Å²) in [5.74, 6) is -0.378. The monoisotopic (exact) mass is 396 g/mol. The van der Waals surface area contributed by atoms with Crippen LogP contribution in [0.25, 0.3) is 11.1 Å². The van der Waals surface area contributed by atoms with Crippen LogP contribution in [-0.4, -0.2) is 30.9 Å². The number of hydrogen-bond donors (Lipinski definition) is 2. The molecule has 1 unspecified atom stereocenters. The number of carbonyl (C=O) groups excluding carboxylic acids is 1. The minimum atomic E-state index is -0.378. The predicted octanol–water partition coefficient (Wildman–Crippen LogP) is 3.73. The topological polar surface area (TPSA) is 59.6 Å². The largest absolute Gasteiger partial charge is 0.460 e. The van der Waals surface area contributed by atoms with Crippen LogP contribution in [0.1, 0.15) is 25.5 Å². The first-order valence-corrected chi connectivity index (χ1v) is 9.69. The number of hydrogen-bond acceptors (Lipinski definition) is 4. The van der Waals surface area contributed by atoms with E-state index in [1.165, 1.54) is 0 Å². The third-order valence-electron chi connectivity index (χ3n) is 4.51. The van der Waals surface area contributed by atoms with Gasteiger partial charge in [-0.25, -0.2) is 4.79 Å². The Hall–Kier alpha value is -2.70. The van der Waals surface area contributed by atoms with Gasteiger partial charge in [0, 0.05) is 12.3 Å². The number of nitrogens with one attached hydrogen (secondary N) is 2. The second kappa shape index (κ2) is 9.48. The molecule has 0 bridgehead atoms. The van der Waals surface area contributed by atoms with Crippen molar-refractivity contribution in [2.45, 2.75) is 19.9 Å². The summed E-state index contributed by atoms with van der Waals surface area (Å²) in [4.78, 5) is 12.7. The van der Waals surface area contributed by atoms with Crippen molar-refractivity contribution in [3.05, 3.63) is 71.4 Å². The van der Waals surface area contributed by atoms with Gasteiger partial charge in [-0.05, 0) is 42.8 Å². The lowest BCUT2D eigenvalue weighted by Gasteiger charge is -2.30. The molecule has 5 nitrogen and oxygen atoms in total. The van der Waals surface area contributed by atoms with Gasteiger partial charge in [-0.2, -0.15) is 0 Å². The minimum absolute atomic E-state index is 0.216. The zero-order chi connectivity index (χ0) is 19.9. The van der Waals surface area contributed by atoms with Crippen LogP contribution in [0.15, 0.2) is 65.9 Å². The highest BCUT2D eigenvalue weighted by Crippen LogP contribution is 2.29. The Morgan fingerprint density at radius 1 is 1.04 bits per heavy atom. The Kier molecular flexibility index (Phi) is 6.79. The van der Waals surface area contributed by atoms with E-state index in [4.69, 9.17) is 21.7 Å². The molecule has 0 saturated heterocycles. The van der Waals surface area contributed by atoms with Crippen molar-refractivity contribution < 1.29 is 14.3 Å². The quantitative estimate of drug-likeness (QED) is 0.423. The van der Waals surface area contributed by atoms with Gasteiger partial charge in [0.25, 0.3) is 0 Å². The van der Waals surface area contributed by atoms with E-state index in [0.717, 1.165) is 16.7 Å². The van der Waals surface area contributed by atoms with Crippen LogP contribution in [-0.2, 0) is 14.3 Å². The summed E-state index contributed by atoms with van der Waals surface area (Å²) in [5, 5.41) is 6.69. The minimum Gasteiger partial charge on any atom is -0.460 e. The van der Waals surface area contributed by atoms with Gasteiger partial charge in [0.2, 0.25) is 0 Å². The molecule has 0 amide bonds. The van der Waals surface area contributed by atoms with Gasteiger partial charge in [0.05, 0.1) is 18.2 Å². The Bertz CT molecular complexity index is 863. The lowest BCUT2D eigenvalue weighted by Crippen LogP contribution is -2.45. The van der Waals surface area contributed by atoms with Crippen molar-refractivity contribution in [1.82, 2.24) is 10.6 Å². The second-order valence-electron chi connectivity index (χ2n) is 6.39.